The Labute approximate surface area is 233 Å². The Morgan fingerprint density at radius 2 is 2.05 bits per heavy atom. The van der Waals surface area contributed by atoms with Crippen molar-refractivity contribution in [2.75, 3.05) is 25.5 Å². The van der Waals surface area contributed by atoms with Crippen molar-refractivity contribution in [2.45, 2.75) is 70.6 Å². The molecule has 0 saturated heterocycles. The highest BCUT2D eigenvalue weighted by molar-refractivity contribution is 8.16. The largest absolute Gasteiger partial charge is 0.542 e. The van der Waals surface area contributed by atoms with Crippen LogP contribution in [0.25, 0.3) is 0 Å². The summed E-state index contributed by atoms with van der Waals surface area (Å²) in [5.41, 5.74) is 4.64. The molecule has 1 aromatic heterocycles. The van der Waals surface area contributed by atoms with Crippen LogP contribution in [-0.2, 0) is 14.4 Å². The van der Waals surface area contributed by atoms with Crippen LogP contribution >= 0.6 is 11.8 Å². The average molecular weight is 592 g/mol. The van der Waals surface area contributed by atoms with Crippen LogP contribution in [0.5, 0.6) is 5.75 Å². The van der Waals surface area contributed by atoms with E-state index in [1.165, 1.54) is 17.8 Å². The number of alkyl halides is 3. The molecule has 3 rings (SSSR count). The van der Waals surface area contributed by atoms with Crippen molar-refractivity contribution in [3.8, 4) is 5.75 Å². The standard InChI is InChI=1S/C23H34N4O5S.C2HF3O2/c1-4-6-18(19-11-17(12-20(28)32-19)30-13-16-7-8-16)25-22(29)23(3)14-33-21(26-23)15(2)27-31-10-5-9-24;3-2(4,5)1(6)7/h11-12,16,18H,4-10,13-14,24H2,1-3H3,(H,25,29);(H,6,7)/p-1/b27-15+;/t18-,23+;/m1./s1. The number of oxime groups is 1. The van der Waals surface area contributed by atoms with Crippen LogP contribution in [0.15, 0.2) is 31.5 Å². The molecule has 11 nitrogen and oxygen atoms in total. The van der Waals surface area contributed by atoms with Gasteiger partial charge in [-0.15, -0.1) is 11.8 Å². The summed E-state index contributed by atoms with van der Waals surface area (Å²) in [4.78, 5) is 44.0. The van der Waals surface area contributed by atoms with Gasteiger partial charge in [-0.25, -0.2) is 4.79 Å². The number of carbonyl (C=O) groups is 2. The summed E-state index contributed by atoms with van der Waals surface area (Å²) >= 11 is 1.47. The third-order valence-corrected chi connectivity index (χ3v) is 7.05. The summed E-state index contributed by atoms with van der Waals surface area (Å²) in [6.07, 6.45) is -0.736. The maximum atomic E-state index is 13.2. The molecule has 1 aromatic rings. The monoisotopic (exact) mass is 591 g/mol. The third kappa shape index (κ3) is 10.8. The first-order chi connectivity index (χ1) is 18.8. The SMILES string of the molecule is CCC[C@@H](NC(=O)[C@]1(C)CSC(/C(C)=N/OCCCN)=N1)c1cc(OCC2CC2)cc(=O)o1.O=C([O-])C(F)(F)F. The first-order valence-electron chi connectivity index (χ1n) is 12.8. The second-order valence-corrected chi connectivity index (χ2v) is 10.5. The van der Waals surface area contributed by atoms with Crippen LogP contribution in [0, 0.1) is 5.92 Å². The smallest absolute Gasteiger partial charge is 0.430 e. The molecule has 1 aliphatic heterocycles. The molecule has 1 saturated carbocycles. The molecule has 1 amide bonds. The quantitative estimate of drug-likeness (QED) is 0.199. The molecule has 1 fully saturated rings. The molecule has 0 radical (unpaired) electrons. The summed E-state index contributed by atoms with van der Waals surface area (Å²) in [5, 5.41) is 16.6. The van der Waals surface area contributed by atoms with Crippen LogP contribution in [-0.4, -0.2) is 59.9 Å². The highest BCUT2D eigenvalue weighted by Crippen LogP contribution is 2.32. The fourth-order valence-electron chi connectivity index (χ4n) is 3.24. The molecule has 0 spiro atoms. The summed E-state index contributed by atoms with van der Waals surface area (Å²) in [6, 6.07) is 2.61. The van der Waals surface area contributed by atoms with E-state index >= 15 is 0 Å². The lowest BCUT2D eigenvalue weighted by atomic mass is 10.0. The molecule has 40 heavy (non-hydrogen) atoms. The number of aliphatic imine (C=N–C) groups is 1. The molecule has 0 unspecified atom stereocenters. The van der Waals surface area contributed by atoms with Crippen LogP contribution in [0.1, 0.15) is 64.7 Å². The number of carbonyl (C=O) groups excluding carboxylic acids is 2. The number of halogens is 3. The minimum absolute atomic E-state index is 0.229. The molecular formula is C25H34F3N4O7S-. The average Bonchev–Trinajstić information content (AvgIpc) is 3.63. The van der Waals surface area contributed by atoms with Crippen molar-refractivity contribution in [1.29, 1.82) is 0 Å². The number of carboxylic acids is 1. The minimum Gasteiger partial charge on any atom is -0.542 e. The molecule has 2 atom stereocenters. The lowest BCUT2D eigenvalue weighted by Gasteiger charge is -2.24. The molecule has 0 aromatic carbocycles. The van der Waals surface area contributed by atoms with Crippen molar-refractivity contribution in [2.24, 2.45) is 21.8 Å². The predicted molar refractivity (Wildman–Crippen MR) is 141 cm³/mol. The summed E-state index contributed by atoms with van der Waals surface area (Å²) in [6.45, 7) is 7.18. The number of carboxylic acid groups (broad SMARTS) is 1. The molecule has 15 heteroatoms. The van der Waals surface area contributed by atoms with Gasteiger partial charge in [0, 0.05) is 11.8 Å². The van der Waals surface area contributed by atoms with Crippen LogP contribution in [0.3, 0.4) is 0 Å². The van der Waals surface area contributed by atoms with E-state index in [0.29, 0.717) is 60.1 Å². The lowest BCUT2D eigenvalue weighted by molar-refractivity contribution is -0.344. The van der Waals surface area contributed by atoms with Crippen molar-refractivity contribution in [3.05, 3.63) is 28.3 Å². The van der Waals surface area contributed by atoms with E-state index in [1.54, 1.807) is 19.9 Å². The van der Waals surface area contributed by atoms with E-state index in [0.717, 1.165) is 25.7 Å². The number of hydrogen-bond acceptors (Lipinski definition) is 11. The molecule has 1 aliphatic carbocycles. The number of nitrogens with two attached hydrogens (primary N) is 1. The Bertz CT molecular complexity index is 1140. The van der Waals surface area contributed by atoms with Crippen molar-refractivity contribution in [1.82, 2.24) is 5.32 Å². The Morgan fingerprint density at radius 3 is 2.62 bits per heavy atom. The van der Waals surface area contributed by atoms with E-state index in [4.69, 9.17) is 29.6 Å². The van der Waals surface area contributed by atoms with Crippen LogP contribution in [0.2, 0.25) is 0 Å². The maximum Gasteiger partial charge on any atom is 0.430 e. The number of thioether (sulfide) groups is 1. The Hall–Kier alpha value is -3.07. The second kappa shape index (κ2) is 15.1. The van der Waals surface area contributed by atoms with Crippen molar-refractivity contribution >= 4 is 34.4 Å². The summed E-state index contributed by atoms with van der Waals surface area (Å²) in [5.74, 6) is -1.31. The van der Waals surface area contributed by atoms with Gasteiger partial charge in [-0.3, -0.25) is 9.79 Å². The molecule has 2 heterocycles. The minimum atomic E-state index is -5.19. The van der Waals surface area contributed by atoms with E-state index < -0.39 is 29.4 Å². The van der Waals surface area contributed by atoms with Gasteiger partial charge in [-0.2, -0.15) is 13.2 Å². The number of rotatable bonds is 13. The van der Waals surface area contributed by atoms with Gasteiger partial charge in [-0.05, 0) is 52.0 Å². The number of nitrogens with one attached hydrogen (secondary N) is 1. The zero-order valence-electron chi connectivity index (χ0n) is 22.5. The lowest BCUT2D eigenvalue weighted by Crippen LogP contribution is -2.45. The number of amides is 1. The van der Waals surface area contributed by atoms with Gasteiger partial charge in [0.2, 0.25) is 5.91 Å². The maximum absolute atomic E-state index is 13.2. The van der Waals surface area contributed by atoms with Gasteiger partial charge >= 0.3 is 11.8 Å². The van der Waals surface area contributed by atoms with Gasteiger partial charge in [0.05, 0.1) is 18.7 Å². The number of ether oxygens (including phenoxy) is 1. The first-order valence-corrected chi connectivity index (χ1v) is 13.7. The fourth-order valence-corrected chi connectivity index (χ4v) is 4.37. The predicted octanol–water partition coefficient (Wildman–Crippen LogP) is 2.33. The molecule has 0 bridgehead atoms. The zero-order valence-corrected chi connectivity index (χ0v) is 23.4. The van der Waals surface area contributed by atoms with E-state index in [-0.39, 0.29) is 5.91 Å². The van der Waals surface area contributed by atoms with Gasteiger partial charge in [-0.1, -0.05) is 18.5 Å². The number of hydrogen-bond donors (Lipinski definition) is 2. The number of nitrogens with zero attached hydrogens (tertiary/aromatic N) is 2. The van der Waals surface area contributed by atoms with E-state index in [2.05, 4.69) is 15.5 Å². The van der Waals surface area contributed by atoms with Crippen LogP contribution < -0.4 is 26.5 Å². The van der Waals surface area contributed by atoms with Gasteiger partial charge in [0.25, 0.3) is 0 Å². The van der Waals surface area contributed by atoms with E-state index in [9.17, 15) is 22.8 Å². The van der Waals surface area contributed by atoms with E-state index in [1.807, 2.05) is 6.92 Å². The number of aliphatic carboxylic acids is 1. The summed E-state index contributed by atoms with van der Waals surface area (Å²) < 4.78 is 42.8. The summed E-state index contributed by atoms with van der Waals surface area (Å²) in [7, 11) is 0. The highest BCUT2D eigenvalue weighted by Gasteiger charge is 2.40. The van der Waals surface area contributed by atoms with Crippen molar-refractivity contribution in [3.63, 3.8) is 0 Å². The topological polar surface area (TPSA) is 169 Å². The van der Waals surface area contributed by atoms with Crippen LogP contribution in [0.4, 0.5) is 13.2 Å². The zero-order chi connectivity index (χ0) is 29.9. The molecular weight excluding hydrogens is 557 g/mol. The first kappa shape index (κ1) is 33.1. The Morgan fingerprint density at radius 1 is 1.38 bits per heavy atom. The Kier molecular flexibility index (Phi) is 12.5. The molecule has 2 aliphatic rings. The fraction of sp³-hybridized carbons (Fsp3) is 0.640. The van der Waals surface area contributed by atoms with Crippen molar-refractivity contribution < 1.29 is 41.9 Å². The molecule has 3 N–H and O–H groups in total. The van der Waals surface area contributed by atoms with Gasteiger partial charge in [0.15, 0.2) is 0 Å². The van der Waals surface area contributed by atoms with Gasteiger partial charge in [0.1, 0.15) is 40.4 Å². The Balaban J connectivity index is 0.000000708. The second-order valence-electron chi connectivity index (χ2n) is 9.50. The third-order valence-electron chi connectivity index (χ3n) is 5.68. The molecule has 224 valence electrons. The highest BCUT2D eigenvalue weighted by atomic mass is 32.2. The normalized spacial score (nSPS) is 19.7. The van der Waals surface area contributed by atoms with Gasteiger partial charge < -0.3 is 34.9 Å².